The van der Waals surface area contributed by atoms with E-state index >= 15 is 0 Å². The lowest BCUT2D eigenvalue weighted by Gasteiger charge is -2.27. The van der Waals surface area contributed by atoms with E-state index in [1.165, 1.54) is 0 Å². The Morgan fingerprint density at radius 1 is 1.10 bits per heavy atom. The van der Waals surface area contributed by atoms with Crippen molar-refractivity contribution < 1.29 is 17.9 Å². The fourth-order valence-electron chi connectivity index (χ4n) is 2.83. The van der Waals surface area contributed by atoms with Crippen LogP contribution < -0.4 is 4.74 Å². The first-order valence-corrected chi connectivity index (χ1v) is 7.16. The molecule has 0 unspecified atom stereocenters. The molecule has 0 N–H and O–H groups in total. The van der Waals surface area contributed by atoms with E-state index in [1.807, 2.05) is 24.3 Å². The number of hydrogen-bond donors (Lipinski definition) is 0. The maximum absolute atomic E-state index is 13.2. The van der Waals surface area contributed by atoms with Gasteiger partial charge in [-0.3, -0.25) is 0 Å². The summed E-state index contributed by atoms with van der Waals surface area (Å²) in [5.41, 5.74) is 1.16. The third kappa shape index (κ3) is 4.13. The highest BCUT2D eigenvalue weighted by atomic mass is 19.3. The van der Waals surface area contributed by atoms with E-state index in [0.717, 1.165) is 24.2 Å². The molecule has 21 heavy (non-hydrogen) atoms. The Bertz CT molecular complexity index is 495. The molecule has 0 bridgehead atoms. The quantitative estimate of drug-likeness (QED) is 0.642. The van der Waals surface area contributed by atoms with Crippen molar-refractivity contribution in [3.05, 3.63) is 54.4 Å². The maximum Gasteiger partial charge on any atom is 0.301 e. The lowest BCUT2D eigenvalue weighted by Crippen LogP contribution is -2.14. The van der Waals surface area contributed by atoms with Crippen molar-refractivity contribution in [1.29, 1.82) is 0 Å². The molecule has 1 aromatic carbocycles. The summed E-state index contributed by atoms with van der Waals surface area (Å²) in [5, 5.41) is 0. The van der Waals surface area contributed by atoms with Crippen LogP contribution in [-0.2, 0) is 0 Å². The molecule has 2 rings (SSSR count). The zero-order chi connectivity index (χ0) is 15.2. The Kier molecular flexibility index (Phi) is 5.48. The molecule has 0 radical (unpaired) electrons. The summed E-state index contributed by atoms with van der Waals surface area (Å²) in [6.45, 7) is 4.05. The van der Waals surface area contributed by atoms with Crippen LogP contribution in [0.2, 0.25) is 0 Å². The molecule has 1 aromatic rings. The minimum atomic E-state index is -2.16. The predicted molar refractivity (Wildman–Crippen MR) is 77.2 cm³/mol. The molecule has 0 heterocycles. The van der Waals surface area contributed by atoms with Gasteiger partial charge in [-0.05, 0) is 49.3 Å². The van der Waals surface area contributed by atoms with E-state index in [-0.39, 0.29) is 0 Å². The average molecular weight is 296 g/mol. The van der Waals surface area contributed by atoms with Gasteiger partial charge >= 0.3 is 6.08 Å². The molecule has 1 saturated carbocycles. The van der Waals surface area contributed by atoms with E-state index in [9.17, 15) is 13.2 Å². The van der Waals surface area contributed by atoms with Crippen LogP contribution in [0.25, 0.3) is 0 Å². The first-order chi connectivity index (χ1) is 10.1. The lowest BCUT2D eigenvalue weighted by atomic mass is 9.78. The number of allylic oxidation sites excluding steroid dienone is 1. The van der Waals surface area contributed by atoms with E-state index < -0.39 is 17.8 Å². The monoisotopic (exact) mass is 296 g/mol. The minimum Gasteiger partial charge on any atom is -0.490 e. The van der Waals surface area contributed by atoms with Crippen molar-refractivity contribution in [2.24, 2.45) is 5.92 Å². The van der Waals surface area contributed by atoms with E-state index in [4.69, 9.17) is 4.74 Å². The zero-order valence-electron chi connectivity index (χ0n) is 11.8. The molecule has 0 saturated heterocycles. The molecule has 1 aliphatic rings. The van der Waals surface area contributed by atoms with Crippen LogP contribution in [0, 0.1) is 5.92 Å². The zero-order valence-corrected chi connectivity index (χ0v) is 11.8. The van der Waals surface area contributed by atoms with Gasteiger partial charge in [0.25, 0.3) is 0 Å². The van der Waals surface area contributed by atoms with Crippen molar-refractivity contribution in [1.82, 2.24) is 0 Å². The second kappa shape index (κ2) is 7.34. The molecule has 1 nitrogen and oxygen atoms in total. The molecule has 0 aromatic heterocycles. The molecule has 114 valence electrons. The molecule has 0 aliphatic heterocycles. The van der Waals surface area contributed by atoms with Gasteiger partial charge in [-0.15, -0.1) is 0 Å². The number of halogens is 3. The number of benzene rings is 1. The number of ether oxygens (including phenoxy) is 1. The summed E-state index contributed by atoms with van der Waals surface area (Å²) in [6.07, 6.45) is 1.94. The van der Waals surface area contributed by atoms with Crippen LogP contribution in [0.3, 0.4) is 0 Å². The van der Waals surface area contributed by atoms with Crippen molar-refractivity contribution in [2.75, 3.05) is 6.61 Å². The maximum atomic E-state index is 13.2. The van der Waals surface area contributed by atoms with E-state index in [2.05, 4.69) is 6.58 Å². The van der Waals surface area contributed by atoms with Gasteiger partial charge in [0.15, 0.2) is 5.83 Å². The van der Waals surface area contributed by atoms with Gasteiger partial charge in [0.05, 0.1) is 0 Å². The summed E-state index contributed by atoms with van der Waals surface area (Å²) < 4.78 is 43.2. The van der Waals surface area contributed by atoms with E-state index in [1.54, 1.807) is 6.08 Å². The minimum absolute atomic E-state index is 0.310. The number of rotatable bonds is 5. The van der Waals surface area contributed by atoms with Crippen LogP contribution in [0.15, 0.2) is 48.8 Å². The first kappa shape index (κ1) is 15.7. The second-order valence-corrected chi connectivity index (χ2v) is 5.33. The highest BCUT2D eigenvalue weighted by Crippen LogP contribution is 2.40. The summed E-state index contributed by atoms with van der Waals surface area (Å²) in [7, 11) is 0. The Morgan fingerprint density at radius 3 is 2.24 bits per heavy atom. The first-order valence-electron chi connectivity index (χ1n) is 7.16. The highest BCUT2D eigenvalue weighted by molar-refractivity contribution is 5.30. The molecule has 1 fully saturated rings. The van der Waals surface area contributed by atoms with Crippen molar-refractivity contribution in [2.45, 2.75) is 31.6 Å². The second-order valence-electron chi connectivity index (χ2n) is 5.33. The van der Waals surface area contributed by atoms with Gasteiger partial charge < -0.3 is 4.74 Å². The van der Waals surface area contributed by atoms with Crippen molar-refractivity contribution in [3.63, 3.8) is 0 Å². The van der Waals surface area contributed by atoms with Crippen LogP contribution in [0.1, 0.15) is 37.2 Å². The van der Waals surface area contributed by atoms with Gasteiger partial charge in [0.2, 0.25) is 0 Å². The van der Waals surface area contributed by atoms with Gasteiger partial charge in [0.1, 0.15) is 12.4 Å². The number of hydrogen-bond acceptors (Lipinski definition) is 1. The third-order valence-corrected chi connectivity index (χ3v) is 3.99. The summed E-state index contributed by atoms with van der Waals surface area (Å²) in [5.74, 6) is -0.742. The third-order valence-electron chi connectivity index (χ3n) is 3.99. The molecule has 4 heteroatoms. The standard InChI is InChI=1S/C17H19F3O/c1-2-11-21-15-9-7-13(8-10-15)12-3-5-14(6-4-12)16(18)17(19)20/h2,7-10,12,14H,1,3-6,11H2. The molecule has 1 aliphatic carbocycles. The molecule has 0 spiro atoms. The van der Waals surface area contributed by atoms with Crippen LogP contribution in [0.4, 0.5) is 13.2 Å². The van der Waals surface area contributed by atoms with Gasteiger partial charge in [-0.2, -0.15) is 8.78 Å². The molecular weight excluding hydrogens is 277 g/mol. The summed E-state index contributed by atoms with van der Waals surface area (Å²) in [4.78, 5) is 0. The fraction of sp³-hybridized carbons (Fsp3) is 0.412. The Balaban J connectivity index is 1.93. The molecule has 0 amide bonds. The van der Waals surface area contributed by atoms with Crippen LogP contribution in [0.5, 0.6) is 5.75 Å². The highest BCUT2D eigenvalue weighted by Gasteiger charge is 2.27. The smallest absolute Gasteiger partial charge is 0.301 e. The summed E-state index contributed by atoms with van der Waals surface area (Å²) >= 11 is 0. The van der Waals surface area contributed by atoms with Crippen LogP contribution >= 0.6 is 0 Å². The van der Waals surface area contributed by atoms with Crippen molar-refractivity contribution >= 4 is 0 Å². The Hall–Kier alpha value is -1.71. The van der Waals surface area contributed by atoms with Gasteiger partial charge in [-0.1, -0.05) is 24.8 Å². The summed E-state index contributed by atoms with van der Waals surface area (Å²) in [6, 6.07) is 7.77. The average Bonchev–Trinajstić information content (AvgIpc) is 2.53. The normalized spacial score (nSPS) is 21.7. The Morgan fingerprint density at radius 2 is 1.71 bits per heavy atom. The lowest BCUT2D eigenvalue weighted by molar-refractivity contribution is 0.281. The van der Waals surface area contributed by atoms with E-state index in [0.29, 0.717) is 25.4 Å². The van der Waals surface area contributed by atoms with Gasteiger partial charge in [0, 0.05) is 5.92 Å². The largest absolute Gasteiger partial charge is 0.490 e. The topological polar surface area (TPSA) is 9.23 Å². The van der Waals surface area contributed by atoms with Gasteiger partial charge in [-0.25, -0.2) is 4.39 Å². The molecular formula is C17H19F3O. The fourth-order valence-corrected chi connectivity index (χ4v) is 2.83. The predicted octanol–water partition coefficient (Wildman–Crippen LogP) is 5.60. The van der Waals surface area contributed by atoms with Crippen LogP contribution in [-0.4, -0.2) is 6.61 Å². The SMILES string of the molecule is C=CCOc1ccc(C2CCC(C(F)=C(F)F)CC2)cc1. The Labute approximate surface area is 123 Å². The molecule has 0 atom stereocenters. The van der Waals surface area contributed by atoms with Crippen molar-refractivity contribution in [3.8, 4) is 5.75 Å².